The minimum atomic E-state index is -5.77. The first-order valence-electron chi connectivity index (χ1n) is 14.9. The summed E-state index contributed by atoms with van der Waals surface area (Å²) in [5.41, 5.74) is 6.72. The quantitative estimate of drug-likeness (QED) is 0.163. The number of nitrogens with zero attached hydrogens (tertiary/aromatic N) is 8. The van der Waals surface area contributed by atoms with E-state index in [9.17, 15) is 53.9 Å². The summed E-state index contributed by atoms with van der Waals surface area (Å²) in [6.45, 7) is 0.725. The van der Waals surface area contributed by atoms with E-state index in [2.05, 4.69) is 20.3 Å². The number of anilines is 2. The van der Waals surface area contributed by atoms with Crippen LogP contribution in [-0.4, -0.2) is 84.9 Å². The van der Waals surface area contributed by atoms with Gasteiger partial charge in [0.05, 0.1) is 12.2 Å². The maximum atomic E-state index is 14.0. The lowest BCUT2D eigenvalue weighted by atomic mass is 10.0. The third kappa shape index (κ3) is 8.38. The monoisotopic (exact) mass is 773 g/mol. The first-order chi connectivity index (χ1) is 24.7. The van der Waals surface area contributed by atoms with Crippen LogP contribution in [0.15, 0.2) is 60.9 Å². The van der Waals surface area contributed by atoms with Gasteiger partial charge in [-0.2, -0.15) is 44.6 Å². The summed E-state index contributed by atoms with van der Waals surface area (Å²) in [4.78, 5) is 41.0. The topological polar surface area (TPSA) is 145 Å². The summed E-state index contributed by atoms with van der Waals surface area (Å²) in [7, 11) is 3.91. The first kappa shape index (κ1) is 38.6. The van der Waals surface area contributed by atoms with Crippen LogP contribution in [0.5, 0.6) is 0 Å². The van der Waals surface area contributed by atoms with E-state index in [-0.39, 0.29) is 29.4 Å². The molecule has 0 atom stereocenters. The van der Waals surface area contributed by atoms with Crippen LogP contribution < -0.4 is 10.6 Å². The average molecular weight is 774 g/mol. The summed E-state index contributed by atoms with van der Waals surface area (Å²) in [5.74, 6) is -6.53. The number of nitrogen functional groups attached to an aromatic ring is 1. The standard InChI is InChI=1S/C27H24F3N9OS.C4F6O2/c1-36(2)15-21-32-11-13-37(21)17-6-8-18(9-7-17)38-12-10-20-22(25(38)40)39(35-23(20)27(28,29)30)19-5-3-4-16(14-19)24-33-34-26(31)41-24;5-3(6,7)1(11)2(12)4(8,9)10/h3-9,11,13-14H,10,12,15H2,1-2H3,(H2,31,34);. The second-order valence-electron chi connectivity index (χ2n) is 11.4. The molecule has 12 nitrogen and oxygen atoms in total. The Bertz CT molecular complexity index is 2130. The summed E-state index contributed by atoms with van der Waals surface area (Å²) >= 11 is 1.15. The molecule has 0 saturated heterocycles. The highest BCUT2D eigenvalue weighted by atomic mass is 32.1. The number of alkyl halides is 9. The fraction of sp³-hybridized carbons (Fsp3) is 0.258. The van der Waals surface area contributed by atoms with Gasteiger partial charge in [-0.3, -0.25) is 14.4 Å². The summed E-state index contributed by atoms with van der Waals surface area (Å²) in [5, 5.41) is 12.5. The number of ketones is 2. The smallest absolute Gasteiger partial charge is 0.374 e. The van der Waals surface area contributed by atoms with Crippen LogP contribution in [-0.2, 0) is 28.7 Å². The molecule has 0 fully saturated rings. The van der Waals surface area contributed by atoms with Crippen molar-refractivity contribution in [3.63, 3.8) is 0 Å². The predicted octanol–water partition coefficient (Wildman–Crippen LogP) is 5.69. The third-order valence-electron chi connectivity index (χ3n) is 7.40. The highest BCUT2D eigenvalue weighted by molar-refractivity contribution is 7.18. The van der Waals surface area contributed by atoms with Gasteiger partial charge in [-0.25, -0.2) is 9.67 Å². The Morgan fingerprint density at radius 1 is 0.887 bits per heavy atom. The highest BCUT2D eigenvalue weighted by Crippen LogP contribution is 2.38. The van der Waals surface area contributed by atoms with Gasteiger partial charge in [0, 0.05) is 41.4 Å². The lowest BCUT2D eigenvalue weighted by Crippen LogP contribution is -2.39. The molecule has 0 bridgehead atoms. The van der Waals surface area contributed by atoms with Gasteiger partial charge < -0.3 is 20.1 Å². The number of fused-ring (bicyclic) bond motifs is 1. The molecule has 1 aliphatic rings. The molecule has 6 rings (SSSR count). The van der Waals surface area contributed by atoms with Crippen LogP contribution in [0.4, 0.5) is 50.3 Å². The molecular weight excluding hydrogens is 749 g/mol. The first-order valence-corrected chi connectivity index (χ1v) is 15.7. The SMILES string of the molecule is CN(C)Cc1nccn1-c1ccc(N2CCc3c(C(F)(F)F)nn(-c4cccc(-c5nnc(N)s5)c4)c3C2=O)cc1.O=C(C(=O)C(F)(F)F)C(F)(F)F. The molecule has 0 unspecified atom stereocenters. The molecule has 280 valence electrons. The van der Waals surface area contributed by atoms with Crippen LogP contribution in [0.3, 0.4) is 0 Å². The van der Waals surface area contributed by atoms with Crippen LogP contribution in [0.25, 0.3) is 21.9 Å². The Labute approximate surface area is 296 Å². The molecule has 4 heterocycles. The lowest BCUT2D eigenvalue weighted by molar-refractivity contribution is -0.193. The number of nitrogens with two attached hydrogens (primary N) is 1. The number of halogens is 9. The highest BCUT2D eigenvalue weighted by Gasteiger charge is 2.54. The minimum absolute atomic E-state index is 0.00119. The van der Waals surface area contributed by atoms with Crippen LogP contribution in [0.2, 0.25) is 0 Å². The molecule has 5 aromatic rings. The maximum Gasteiger partial charge on any atom is 0.458 e. The molecule has 0 aliphatic carbocycles. The van der Waals surface area contributed by atoms with E-state index >= 15 is 0 Å². The van der Waals surface area contributed by atoms with Crippen molar-refractivity contribution in [1.29, 1.82) is 0 Å². The zero-order chi connectivity index (χ0) is 39.0. The molecule has 2 aromatic carbocycles. The molecule has 2 N–H and O–H groups in total. The van der Waals surface area contributed by atoms with Crippen LogP contribution in [0.1, 0.15) is 27.6 Å². The minimum Gasteiger partial charge on any atom is -0.374 e. The molecule has 53 heavy (non-hydrogen) atoms. The van der Waals surface area contributed by atoms with Crippen molar-refractivity contribution in [2.24, 2.45) is 0 Å². The van der Waals surface area contributed by atoms with E-state index in [1.54, 1.807) is 42.6 Å². The van der Waals surface area contributed by atoms with Crippen molar-refractivity contribution < 1.29 is 53.9 Å². The predicted molar refractivity (Wildman–Crippen MR) is 170 cm³/mol. The summed E-state index contributed by atoms with van der Waals surface area (Å²) < 4.78 is 112. The van der Waals surface area contributed by atoms with Gasteiger partial charge in [0.15, 0.2) is 5.69 Å². The molecule has 0 radical (unpaired) electrons. The second kappa shape index (κ2) is 14.4. The third-order valence-corrected chi connectivity index (χ3v) is 8.20. The van der Waals surface area contributed by atoms with Gasteiger partial charge in [-0.05, 0) is 56.9 Å². The van der Waals surface area contributed by atoms with Crippen LogP contribution >= 0.6 is 11.3 Å². The van der Waals surface area contributed by atoms with Gasteiger partial charge >= 0.3 is 30.1 Å². The van der Waals surface area contributed by atoms with E-state index in [0.29, 0.717) is 28.5 Å². The van der Waals surface area contributed by atoms with E-state index in [1.165, 1.54) is 4.90 Å². The number of imidazole rings is 1. The normalized spacial score (nSPS) is 13.5. The van der Waals surface area contributed by atoms with Gasteiger partial charge in [-0.1, -0.05) is 23.5 Å². The van der Waals surface area contributed by atoms with E-state index in [1.807, 2.05) is 41.9 Å². The summed E-state index contributed by atoms with van der Waals surface area (Å²) in [6.07, 6.45) is -12.7. The molecule has 0 saturated carbocycles. The van der Waals surface area contributed by atoms with Gasteiger partial charge in [0.2, 0.25) is 5.13 Å². The Hall–Kier alpha value is -5.64. The molecule has 0 spiro atoms. The fourth-order valence-corrected chi connectivity index (χ4v) is 5.77. The molecule has 1 aliphatic heterocycles. The number of amides is 1. The number of rotatable bonds is 7. The summed E-state index contributed by atoms with van der Waals surface area (Å²) in [6, 6.07) is 13.9. The van der Waals surface area contributed by atoms with E-state index in [0.717, 1.165) is 27.5 Å². The largest absolute Gasteiger partial charge is 0.458 e. The van der Waals surface area contributed by atoms with E-state index in [4.69, 9.17) is 5.73 Å². The second-order valence-corrected chi connectivity index (χ2v) is 12.4. The Morgan fingerprint density at radius 3 is 2.06 bits per heavy atom. The van der Waals surface area contributed by atoms with Crippen molar-refractivity contribution in [1.82, 2.24) is 34.4 Å². The number of benzene rings is 2. The number of aromatic nitrogens is 6. The number of hydrogen-bond donors (Lipinski definition) is 1. The van der Waals surface area contributed by atoms with Crippen molar-refractivity contribution >= 4 is 39.6 Å². The zero-order valence-corrected chi connectivity index (χ0v) is 27.9. The number of hydrogen-bond acceptors (Lipinski definition) is 10. The molecule has 3 aromatic heterocycles. The zero-order valence-electron chi connectivity index (χ0n) is 27.1. The number of Topliss-reactive ketones (excluding diaryl/α,β-unsaturated/α-hetero) is 2. The molecule has 22 heteroatoms. The average Bonchev–Trinajstić information content (AvgIpc) is 3.82. The molecular formula is C31H24F9N9O3S. The maximum absolute atomic E-state index is 14.0. The Morgan fingerprint density at radius 2 is 1.51 bits per heavy atom. The lowest BCUT2D eigenvalue weighted by Gasteiger charge is -2.28. The van der Waals surface area contributed by atoms with Crippen LogP contribution in [0, 0.1) is 0 Å². The number of carbonyl (C=O) groups is 3. The Balaban J connectivity index is 0.000000390. The molecule has 1 amide bonds. The van der Waals surface area contributed by atoms with Crippen molar-refractivity contribution in [2.75, 3.05) is 31.3 Å². The number of carbonyl (C=O) groups excluding carboxylic acids is 3. The van der Waals surface area contributed by atoms with Crippen molar-refractivity contribution in [3.05, 3.63) is 83.7 Å². The van der Waals surface area contributed by atoms with Crippen molar-refractivity contribution in [2.45, 2.75) is 31.5 Å². The van der Waals surface area contributed by atoms with Gasteiger partial charge in [0.25, 0.3) is 5.91 Å². The van der Waals surface area contributed by atoms with E-state index < -0.39 is 41.7 Å². The van der Waals surface area contributed by atoms with Gasteiger partial charge in [0.1, 0.15) is 16.5 Å². The fourth-order valence-electron chi connectivity index (χ4n) is 5.16. The Kier molecular flexibility index (Phi) is 10.5. The van der Waals surface area contributed by atoms with Crippen molar-refractivity contribution in [3.8, 4) is 21.9 Å². The van der Waals surface area contributed by atoms with Gasteiger partial charge in [-0.15, -0.1) is 10.2 Å².